The molecule has 10 rings (SSSR count). The summed E-state index contributed by atoms with van der Waals surface area (Å²) in [6.45, 7) is 4.32. The first-order chi connectivity index (χ1) is 35.5. The van der Waals surface area contributed by atoms with Crippen molar-refractivity contribution in [2.24, 2.45) is 0 Å². The Hall–Kier alpha value is -6.64. The number of rotatable bonds is 25. The van der Waals surface area contributed by atoms with E-state index >= 15 is 0 Å². The Morgan fingerprint density at radius 2 is 0.500 bits per heavy atom. The van der Waals surface area contributed by atoms with Gasteiger partial charge in [0.1, 0.15) is 0 Å². The molecule has 0 spiro atoms. The van der Waals surface area contributed by atoms with E-state index in [1.54, 1.807) is 22.3 Å². The molecule has 2 nitrogen and oxygen atoms in total. The monoisotopic (exact) mass is 945 g/mol. The van der Waals surface area contributed by atoms with Crippen LogP contribution in [0.4, 0.5) is 34.1 Å². The van der Waals surface area contributed by atoms with Gasteiger partial charge in [-0.05, 0) is 219 Å². The van der Waals surface area contributed by atoms with Crippen LogP contribution in [0.1, 0.15) is 133 Å². The molecule has 0 amide bonds. The number of benzene rings is 8. The zero-order valence-electron chi connectivity index (χ0n) is 43.4. The van der Waals surface area contributed by atoms with Crippen molar-refractivity contribution in [3.8, 4) is 11.1 Å². The maximum atomic E-state index is 2.46. The summed E-state index contributed by atoms with van der Waals surface area (Å²) in [6.07, 6.45) is 25.7. The first kappa shape index (κ1) is 49.0. The van der Waals surface area contributed by atoms with Crippen molar-refractivity contribution in [3.05, 3.63) is 238 Å². The lowest BCUT2D eigenvalue weighted by Gasteiger charge is -2.26. The maximum absolute atomic E-state index is 2.46. The van der Waals surface area contributed by atoms with Gasteiger partial charge in [-0.2, -0.15) is 0 Å². The van der Waals surface area contributed by atoms with E-state index in [2.05, 4.69) is 206 Å². The van der Waals surface area contributed by atoms with Crippen molar-refractivity contribution in [2.45, 2.75) is 142 Å². The van der Waals surface area contributed by atoms with Crippen LogP contribution in [0.3, 0.4) is 0 Å². The molecule has 72 heavy (non-hydrogen) atoms. The van der Waals surface area contributed by atoms with E-state index in [0.717, 1.165) is 24.2 Å². The van der Waals surface area contributed by atoms with Crippen LogP contribution in [0.2, 0.25) is 0 Å². The Bertz CT molecular complexity index is 2740. The van der Waals surface area contributed by atoms with E-state index in [-0.39, 0.29) is 0 Å². The van der Waals surface area contributed by atoms with Crippen LogP contribution in [0.15, 0.2) is 182 Å². The molecule has 0 aliphatic heterocycles. The molecule has 0 bridgehead atoms. The van der Waals surface area contributed by atoms with E-state index < -0.39 is 0 Å². The molecule has 0 atom stereocenters. The molecular formula is C70H76N2. The lowest BCUT2D eigenvalue weighted by atomic mass is 9.86. The normalized spacial score (nSPS) is 12.4. The number of aryl methyl sites for hydroxylation is 10. The predicted octanol–water partition coefficient (Wildman–Crippen LogP) is 19.4. The van der Waals surface area contributed by atoms with Gasteiger partial charge in [-0.3, -0.25) is 0 Å². The molecule has 0 unspecified atom stereocenters. The highest BCUT2D eigenvalue weighted by Gasteiger charge is 2.17. The third kappa shape index (κ3) is 12.7. The number of hydrogen-bond acceptors (Lipinski definition) is 2. The first-order valence-electron chi connectivity index (χ1n) is 27.8. The van der Waals surface area contributed by atoms with Crippen LogP contribution in [-0.4, -0.2) is 0 Å². The van der Waals surface area contributed by atoms with E-state index in [4.69, 9.17) is 0 Å². The molecule has 366 valence electrons. The van der Waals surface area contributed by atoms with Gasteiger partial charge in [-0.25, -0.2) is 0 Å². The van der Waals surface area contributed by atoms with Gasteiger partial charge in [0.05, 0.1) is 0 Å². The minimum absolute atomic E-state index is 1.14. The summed E-state index contributed by atoms with van der Waals surface area (Å²) in [5, 5.41) is 0. The predicted molar refractivity (Wildman–Crippen MR) is 309 cm³/mol. The van der Waals surface area contributed by atoms with Gasteiger partial charge in [0.25, 0.3) is 0 Å². The van der Waals surface area contributed by atoms with Gasteiger partial charge in [0.15, 0.2) is 0 Å². The molecular weight excluding hydrogens is 869 g/mol. The van der Waals surface area contributed by atoms with Crippen LogP contribution in [-0.2, 0) is 51.4 Å². The SMILES string of the molecule is Cc1ccc(N(c2ccc(CCCCCCCCc3ccc4c(c3)CC4)cc2)c2ccc(-c3ccc(N(c4ccc(C)cc4)c4ccc(CCCCCCCCc5ccc6c(c5)CC6)cc4)cc3)cc2)cc1. The van der Waals surface area contributed by atoms with Gasteiger partial charge in [-0.15, -0.1) is 0 Å². The minimum atomic E-state index is 1.14. The summed E-state index contributed by atoms with van der Waals surface area (Å²) in [7, 11) is 0. The molecule has 0 saturated carbocycles. The zero-order valence-corrected chi connectivity index (χ0v) is 43.4. The molecule has 8 aromatic carbocycles. The third-order valence-corrected chi connectivity index (χ3v) is 15.8. The molecule has 0 aromatic heterocycles. The Morgan fingerprint density at radius 1 is 0.250 bits per heavy atom. The molecule has 2 aliphatic rings. The summed E-state index contributed by atoms with van der Waals surface area (Å²) < 4.78 is 0. The number of fused-ring (bicyclic) bond motifs is 2. The molecule has 8 aromatic rings. The van der Waals surface area contributed by atoms with E-state index in [1.165, 1.54) is 183 Å². The van der Waals surface area contributed by atoms with Crippen molar-refractivity contribution in [2.75, 3.05) is 9.80 Å². The second kappa shape index (κ2) is 24.2. The van der Waals surface area contributed by atoms with Gasteiger partial charge in [0.2, 0.25) is 0 Å². The second-order valence-corrected chi connectivity index (χ2v) is 21.2. The lowest BCUT2D eigenvalue weighted by Crippen LogP contribution is -2.10. The van der Waals surface area contributed by atoms with Gasteiger partial charge in [-0.1, -0.05) is 172 Å². The minimum Gasteiger partial charge on any atom is -0.311 e. The Labute approximate surface area is 432 Å². The van der Waals surface area contributed by atoms with Crippen molar-refractivity contribution in [1.29, 1.82) is 0 Å². The fourth-order valence-corrected chi connectivity index (χ4v) is 11.0. The molecule has 2 heteroatoms. The molecule has 2 aliphatic carbocycles. The highest BCUT2D eigenvalue weighted by molar-refractivity contribution is 5.81. The molecule has 0 fully saturated rings. The van der Waals surface area contributed by atoms with Crippen molar-refractivity contribution >= 4 is 34.1 Å². The van der Waals surface area contributed by atoms with Crippen LogP contribution >= 0.6 is 0 Å². The molecule has 0 heterocycles. The van der Waals surface area contributed by atoms with E-state index in [0.29, 0.717) is 0 Å². The quantitative estimate of drug-likeness (QED) is 0.0527. The molecule has 0 N–H and O–H groups in total. The largest absolute Gasteiger partial charge is 0.311 e. The fraction of sp³-hybridized carbons (Fsp3) is 0.314. The van der Waals surface area contributed by atoms with Crippen LogP contribution in [0, 0.1) is 13.8 Å². The Morgan fingerprint density at radius 3 is 0.792 bits per heavy atom. The summed E-state index contributed by atoms with van der Waals surface area (Å²) in [4.78, 5) is 4.78. The van der Waals surface area contributed by atoms with Gasteiger partial charge >= 0.3 is 0 Å². The number of nitrogens with zero attached hydrogens (tertiary/aromatic N) is 2. The number of unbranched alkanes of at least 4 members (excludes halogenated alkanes) is 10. The third-order valence-electron chi connectivity index (χ3n) is 15.8. The fourth-order valence-electron chi connectivity index (χ4n) is 11.0. The Kier molecular flexibility index (Phi) is 16.4. The van der Waals surface area contributed by atoms with Gasteiger partial charge < -0.3 is 9.80 Å². The standard InChI is InChI=1S/C70H76N2/c1-53-19-39-65(40-20-53)71(67-43-25-55(26-44-67)15-11-7-3-5-9-13-17-57-23-29-61-31-33-63(61)51-57)69-47-35-59(36-48-69)60-37-49-70(50-38-60)72(66-41-21-54(2)22-42-66)68-45-27-56(28-46-68)16-12-8-4-6-10-14-18-58-24-30-62-32-34-64(62)52-58/h19-30,35-52H,3-18,31-34H2,1-2H3. The van der Waals surface area contributed by atoms with Crippen molar-refractivity contribution < 1.29 is 0 Å². The summed E-state index contributed by atoms with van der Waals surface area (Å²) in [5.74, 6) is 0. The van der Waals surface area contributed by atoms with Gasteiger partial charge in [0, 0.05) is 34.1 Å². The molecule has 0 saturated heterocycles. The molecule has 0 radical (unpaired) electrons. The highest BCUT2D eigenvalue weighted by Crippen LogP contribution is 2.39. The summed E-state index contributed by atoms with van der Waals surface area (Å²) >= 11 is 0. The van der Waals surface area contributed by atoms with Crippen LogP contribution in [0.25, 0.3) is 11.1 Å². The smallest absolute Gasteiger partial charge is 0.0462 e. The average molecular weight is 945 g/mol. The Balaban J connectivity index is 0.728. The van der Waals surface area contributed by atoms with Crippen molar-refractivity contribution in [1.82, 2.24) is 0 Å². The van der Waals surface area contributed by atoms with Crippen molar-refractivity contribution in [3.63, 3.8) is 0 Å². The van der Waals surface area contributed by atoms with Crippen LogP contribution in [0.5, 0.6) is 0 Å². The topological polar surface area (TPSA) is 6.48 Å². The lowest BCUT2D eigenvalue weighted by molar-refractivity contribution is 0.593. The van der Waals surface area contributed by atoms with E-state index in [1.807, 2.05) is 0 Å². The second-order valence-electron chi connectivity index (χ2n) is 21.2. The van der Waals surface area contributed by atoms with Crippen LogP contribution < -0.4 is 9.80 Å². The number of hydrogen-bond donors (Lipinski definition) is 0. The summed E-state index contributed by atoms with van der Waals surface area (Å²) in [6, 6.07) is 69.0. The first-order valence-corrected chi connectivity index (χ1v) is 27.8. The van der Waals surface area contributed by atoms with E-state index in [9.17, 15) is 0 Å². The summed E-state index contributed by atoms with van der Waals surface area (Å²) in [5.41, 5.74) is 24.2. The average Bonchev–Trinajstić information content (AvgIpc) is 3.39. The maximum Gasteiger partial charge on any atom is 0.0462 e. The highest BCUT2D eigenvalue weighted by atomic mass is 15.1. The number of anilines is 6. The zero-order chi connectivity index (χ0) is 48.9.